The zero-order valence-corrected chi connectivity index (χ0v) is 18.7. The maximum Gasteiger partial charge on any atom is 0.264 e. The van der Waals surface area contributed by atoms with Gasteiger partial charge in [-0.3, -0.25) is 4.72 Å². The van der Waals surface area contributed by atoms with Crippen LogP contribution in [-0.2, 0) is 20.0 Å². The molecule has 7 nitrogen and oxygen atoms in total. The number of nitrogens with zero attached hydrogens (tertiary/aromatic N) is 1. The molecule has 1 aliphatic rings. The van der Waals surface area contributed by atoms with E-state index in [1.54, 1.807) is 6.92 Å². The van der Waals surface area contributed by atoms with Crippen LogP contribution in [0.4, 0.5) is 10.1 Å². The molecule has 11 heteroatoms. The number of halogens is 2. The minimum atomic E-state index is -4.31. The molecule has 1 N–H and O–H groups in total. The van der Waals surface area contributed by atoms with E-state index in [2.05, 4.69) is 4.72 Å². The van der Waals surface area contributed by atoms with Crippen LogP contribution in [0.1, 0.15) is 26.2 Å². The van der Waals surface area contributed by atoms with Crippen molar-refractivity contribution in [2.24, 2.45) is 0 Å². The summed E-state index contributed by atoms with van der Waals surface area (Å²) >= 11 is 5.68. The molecule has 1 aliphatic heterocycles. The van der Waals surface area contributed by atoms with Crippen LogP contribution in [0.2, 0.25) is 5.02 Å². The highest BCUT2D eigenvalue weighted by Gasteiger charge is 2.30. The van der Waals surface area contributed by atoms with E-state index in [1.807, 2.05) is 0 Å². The highest BCUT2D eigenvalue weighted by molar-refractivity contribution is 7.92. The number of anilines is 1. The molecule has 1 fully saturated rings. The second-order valence-corrected chi connectivity index (χ2v) is 10.7. The van der Waals surface area contributed by atoms with Crippen LogP contribution < -0.4 is 9.46 Å². The van der Waals surface area contributed by atoms with E-state index in [-0.39, 0.29) is 28.0 Å². The molecule has 0 aliphatic carbocycles. The number of rotatable bonds is 7. The van der Waals surface area contributed by atoms with Crippen LogP contribution in [0.15, 0.2) is 46.2 Å². The Bertz CT molecular complexity index is 1130. The van der Waals surface area contributed by atoms with Crippen molar-refractivity contribution < 1.29 is 26.0 Å². The van der Waals surface area contributed by atoms with Gasteiger partial charge in [0.25, 0.3) is 10.0 Å². The third-order valence-corrected chi connectivity index (χ3v) is 8.18. The Hall–Kier alpha value is -1.88. The minimum Gasteiger partial charge on any atom is -0.492 e. The Morgan fingerprint density at radius 2 is 1.73 bits per heavy atom. The van der Waals surface area contributed by atoms with Crippen molar-refractivity contribution >= 4 is 37.3 Å². The third-order valence-electron chi connectivity index (χ3n) is 4.61. The topological polar surface area (TPSA) is 92.8 Å². The summed E-state index contributed by atoms with van der Waals surface area (Å²) < 4.78 is 74.7. The van der Waals surface area contributed by atoms with Gasteiger partial charge in [-0.1, -0.05) is 18.0 Å². The van der Waals surface area contributed by atoms with Crippen molar-refractivity contribution in [1.82, 2.24) is 4.31 Å². The molecule has 2 aromatic carbocycles. The molecule has 3 rings (SSSR count). The Kier molecular flexibility index (Phi) is 6.91. The molecule has 0 radical (unpaired) electrons. The van der Waals surface area contributed by atoms with Gasteiger partial charge in [0.05, 0.1) is 12.3 Å². The highest BCUT2D eigenvalue weighted by atomic mass is 35.5. The standard InChI is InChI=1S/C19H22ClFN2O5S2/c1-2-28-17-8-7-15(13-19(17)30(26,27)23-10-4-3-5-11-23)22-29(24,25)18-9-6-14(20)12-16(18)21/h6-9,12-13,22H,2-5,10-11H2,1H3. The van der Waals surface area contributed by atoms with Gasteiger partial charge in [0.2, 0.25) is 10.0 Å². The first kappa shape index (κ1) is 22.8. The molecule has 0 amide bonds. The van der Waals surface area contributed by atoms with E-state index >= 15 is 0 Å². The normalized spacial score (nSPS) is 15.7. The molecule has 2 aromatic rings. The lowest BCUT2D eigenvalue weighted by Crippen LogP contribution is -2.35. The Balaban J connectivity index is 1.99. The number of benzene rings is 2. The maximum atomic E-state index is 14.1. The number of hydrogen-bond acceptors (Lipinski definition) is 5. The number of nitrogens with one attached hydrogen (secondary N) is 1. The fraction of sp³-hybridized carbons (Fsp3) is 0.368. The fourth-order valence-corrected chi connectivity index (χ4v) is 6.14. The molecule has 0 unspecified atom stereocenters. The number of sulfonamides is 2. The quantitative estimate of drug-likeness (QED) is 0.655. The third kappa shape index (κ3) is 4.88. The summed E-state index contributed by atoms with van der Waals surface area (Å²) in [6.45, 7) is 2.74. The van der Waals surface area contributed by atoms with Crippen molar-refractivity contribution in [2.75, 3.05) is 24.4 Å². The first-order valence-corrected chi connectivity index (χ1v) is 12.7. The monoisotopic (exact) mass is 476 g/mol. The lowest BCUT2D eigenvalue weighted by molar-refractivity contribution is 0.323. The van der Waals surface area contributed by atoms with E-state index in [1.165, 1.54) is 28.6 Å². The summed E-state index contributed by atoms with van der Waals surface area (Å²) in [6.07, 6.45) is 2.47. The van der Waals surface area contributed by atoms with Gasteiger partial charge < -0.3 is 4.74 Å². The van der Waals surface area contributed by atoms with E-state index in [0.29, 0.717) is 13.1 Å². The molecule has 0 atom stereocenters. The smallest absolute Gasteiger partial charge is 0.264 e. The van der Waals surface area contributed by atoms with Crippen LogP contribution in [0.3, 0.4) is 0 Å². The largest absolute Gasteiger partial charge is 0.492 e. The van der Waals surface area contributed by atoms with E-state index in [9.17, 15) is 21.2 Å². The number of hydrogen-bond donors (Lipinski definition) is 1. The SMILES string of the molecule is CCOc1ccc(NS(=O)(=O)c2ccc(Cl)cc2F)cc1S(=O)(=O)N1CCCCC1. The first-order chi connectivity index (χ1) is 14.1. The molecule has 30 heavy (non-hydrogen) atoms. The zero-order valence-electron chi connectivity index (χ0n) is 16.3. The molecule has 0 aromatic heterocycles. The maximum absolute atomic E-state index is 14.1. The Morgan fingerprint density at radius 1 is 1.03 bits per heavy atom. The van der Waals surface area contributed by atoms with Gasteiger partial charge in [0.15, 0.2) is 0 Å². The van der Waals surface area contributed by atoms with Gasteiger partial charge in [-0.05, 0) is 56.2 Å². The van der Waals surface area contributed by atoms with E-state index in [4.69, 9.17) is 16.3 Å². The van der Waals surface area contributed by atoms with Crippen molar-refractivity contribution in [2.45, 2.75) is 36.0 Å². The fourth-order valence-electron chi connectivity index (χ4n) is 3.20. The van der Waals surface area contributed by atoms with Crippen LogP contribution in [0, 0.1) is 5.82 Å². The molecule has 164 valence electrons. The molecule has 0 bridgehead atoms. The van der Waals surface area contributed by atoms with E-state index < -0.39 is 30.8 Å². The van der Waals surface area contributed by atoms with Crippen LogP contribution in [0.5, 0.6) is 5.75 Å². The molecular formula is C19H22ClFN2O5S2. The van der Waals surface area contributed by atoms with Gasteiger partial charge >= 0.3 is 0 Å². The predicted molar refractivity (Wildman–Crippen MR) is 112 cm³/mol. The van der Waals surface area contributed by atoms with Crippen LogP contribution in [-0.4, -0.2) is 40.8 Å². The van der Waals surface area contributed by atoms with Crippen molar-refractivity contribution in [3.63, 3.8) is 0 Å². The Morgan fingerprint density at radius 3 is 2.37 bits per heavy atom. The second kappa shape index (κ2) is 9.09. The Labute approximate surface area is 180 Å². The first-order valence-electron chi connectivity index (χ1n) is 9.40. The predicted octanol–water partition coefficient (Wildman–Crippen LogP) is 3.85. The van der Waals surface area contributed by atoms with Crippen molar-refractivity contribution in [1.29, 1.82) is 0 Å². The second-order valence-electron chi connectivity index (χ2n) is 6.74. The van der Waals surface area contributed by atoms with Gasteiger partial charge in [0, 0.05) is 18.1 Å². The average Bonchev–Trinajstić information content (AvgIpc) is 2.69. The highest BCUT2D eigenvalue weighted by Crippen LogP contribution is 2.32. The van der Waals surface area contributed by atoms with Gasteiger partial charge in [0.1, 0.15) is 21.4 Å². The molecule has 1 heterocycles. The molecule has 1 saturated heterocycles. The summed E-state index contributed by atoms with van der Waals surface area (Å²) in [4.78, 5) is -0.732. The van der Waals surface area contributed by atoms with Crippen LogP contribution in [0.25, 0.3) is 0 Å². The summed E-state index contributed by atoms with van der Waals surface area (Å²) in [5.41, 5.74) is -0.0246. The molecule has 0 spiro atoms. The lowest BCUT2D eigenvalue weighted by atomic mass is 10.2. The minimum absolute atomic E-state index is 0.0246. The summed E-state index contributed by atoms with van der Waals surface area (Å²) in [5, 5.41) is 0.0578. The zero-order chi connectivity index (χ0) is 21.9. The number of piperidine rings is 1. The van der Waals surface area contributed by atoms with Gasteiger partial charge in [-0.25, -0.2) is 21.2 Å². The van der Waals surface area contributed by atoms with Crippen molar-refractivity contribution in [3.8, 4) is 5.75 Å². The van der Waals surface area contributed by atoms with Gasteiger partial charge in [-0.15, -0.1) is 0 Å². The summed E-state index contributed by atoms with van der Waals surface area (Å²) in [7, 11) is -8.20. The van der Waals surface area contributed by atoms with Crippen molar-refractivity contribution in [3.05, 3.63) is 47.2 Å². The molecular weight excluding hydrogens is 455 g/mol. The summed E-state index contributed by atoms with van der Waals surface area (Å²) in [5.74, 6) is -0.884. The lowest BCUT2D eigenvalue weighted by Gasteiger charge is -2.27. The number of ether oxygens (including phenoxy) is 1. The average molecular weight is 477 g/mol. The van der Waals surface area contributed by atoms with E-state index in [0.717, 1.165) is 31.4 Å². The summed E-state index contributed by atoms with van der Waals surface area (Å²) in [6, 6.07) is 7.13. The molecule has 0 saturated carbocycles. The van der Waals surface area contributed by atoms with Gasteiger partial charge in [-0.2, -0.15) is 4.31 Å². The van der Waals surface area contributed by atoms with Crippen LogP contribution >= 0.6 is 11.6 Å².